The van der Waals surface area contributed by atoms with Crippen LogP contribution in [0.1, 0.15) is 1.43 Å². The Kier molecular flexibility index (Phi) is 13.0. The summed E-state index contributed by atoms with van der Waals surface area (Å²) in [6, 6.07) is 0. The average Bonchev–Trinajstić information content (AvgIpc) is 0.722. The number of rotatable bonds is 0. The van der Waals surface area contributed by atoms with Gasteiger partial charge in [0.05, 0.1) is 0 Å². The molecule has 0 spiro atoms. The summed E-state index contributed by atoms with van der Waals surface area (Å²) in [6.45, 7) is 0. The zero-order valence-electron chi connectivity index (χ0n) is 4.58. The van der Waals surface area contributed by atoms with Crippen molar-refractivity contribution in [1.29, 1.82) is 0 Å². The normalized spacial score (nSPS) is 8.43. The first kappa shape index (κ1) is 15.9. The van der Waals surface area contributed by atoms with E-state index in [-0.39, 0.29) is 48.1 Å². The Hall–Kier alpha value is 1.63. The van der Waals surface area contributed by atoms with E-state index >= 15 is 0 Å². The molecule has 1 radical (unpaired) electrons. The van der Waals surface area contributed by atoms with Gasteiger partial charge in [0.15, 0.2) is 0 Å². The van der Waals surface area contributed by atoms with E-state index in [1.54, 1.807) is 0 Å². The molecule has 0 atom stereocenters. The quantitative estimate of drug-likeness (QED) is 0.262. The van der Waals surface area contributed by atoms with Crippen LogP contribution in [0.4, 0.5) is 0 Å². The zero-order valence-corrected chi connectivity index (χ0v) is 7.65. The predicted molar refractivity (Wildman–Crippen MR) is 15.4 cm³/mol. The van der Waals surface area contributed by atoms with Crippen LogP contribution in [-0.4, -0.2) is 14.7 Å². The topological polar surface area (TPSA) is 77.8 Å². The summed E-state index contributed by atoms with van der Waals surface area (Å²) in [6.07, 6.45) is 0. The minimum Gasteiger partial charge on any atom is -1.00 e. The van der Waals surface area contributed by atoms with Crippen molar-refractivity contribution in [2.24, 2.45) is 0 Å². The summed E-state index contributed by atoms with van der Waals surface area (Å²) >= 11 is 0. The molecule has 0 saturated heterocycles. The molecule has 0 aromatic rings. The SMILES string of the molecule is O=P(O)(O)O.[H-].[Mn].[Na+]. The van der Waals surface area contributed by atoms with Crippen LogP contribution < -0.4 is 29.6 Å². The Morgan fingerprint density at radius 1 is 1.29 bits per heavy atom. The first-order valence-corrected chi connectivity index (χ1v) is 2.35. The standard InChI is InChI=1S/Mn.Na.H3O4P.H/c;;1-5(2,3)4;/h;;(H3,1,2,3,4);/q;+1;;-1. The fourth-order valence-corrected chi connectivity index (χ4v) is 0. The van der Waals surface area contributed by atoms with Crippen LogP contribution in [0.3, 0.4) is 0 Å². The fourth-order valence-electron chi connectivity index (χ4n) is 0. The maximum atomic E-state index is 8.88. The summed E-state index contributed by atoms with van der Waals surface area (Å²) in [5.41, 5.74) is 0. The molecule has 0 fully saturated rings. The maximum Gasteiger partial charge on any atom is 1.00 e. The van der Waals surface area contributed by atoms with Crippen molar-refractivity contribution >= 4 is 7.82 Å². The Bertz CT molecular complexity index is 62.2. The molecule has 0 aliphatic rings. The van der Waals surface area contributed by atoms with Gasteiger partial charge < -0.3 is 16.1 Å². The van der Waals surface area contributed by atoms with E-state index < -0.39 is 7.82 Å². The van der Waals surface area contributed by atoms with Crippen molar-refractivity contribution in [3.63, 3.8) is 0 Å². The first-order valence-electron chi connectivity index (χ1n) is 0.783. The van der Waals surface area contributed by atoms with Crippen molar-refractivity contribution in [3.8, 4) is 0 Å². The van der Waals surface area contributed by atoms with E-state index in [9.17, 15) is 0 Å². The molecular weight excluding hydrogens is 173 g/mol. The molecule has 7 heavy (non-hydrogen) atoms. The summed E-state index contributed by atoms with van der Waals surface area (Å²) in [5.74, 6) is 0. The minimum absolute atomic E-state index is 0. The molecule has 7 heteroatoms. The second kappa shape index (κ2) is 5.76. The molecule has 0 amide bonds. The molecule has 41 valence electrons. The molecule has 0 rings (SSSR count). The van der Waals surface area contributed by atoms with Crippen molar-refractivity contribution in [2.75, 3.05) is 0 Å². The van der Waals surface area contributed by atoms with Gasteiger partial charge in [-0.05, 0) is 0 Å². The van der Waals surface area contributed by atoms with Gasteiger partial charge in [0, 0.05) is 17.1 Å². The predicted octanol–water partition coefficient (Wildman–Crippen LogP) is -3.81. The van der Waals surface area contributed by atoms with E-state index in [1.165, 1.54) is 0 Å². The molecule has 0 aliphatic heterocycles. The summed E-state index contributed by atoms with van der Waals surface area (Å²) in [7, 11) is -4.64. The largest absolute Gasteiger partial charge is 1.00 e. The molecule has 4 nitrogen and oxygen atoms in total. The van der Waals surface area contributed by atoms with Gasteiger partial charge in [0.2, 0.25) is 0 Å². The maximum absolute atomic E-state index is 8.88. The van der Waals surface area contributed by atoms with Crippen LogP contribution in [-0.2, 0) is 21.6 Å². The molecule has 0 unspecified atom stereocenters. The monoisotopic (exact) mass is 177 g/mol. The molecular formula is H4MnNaO4P. The average molecular weight is 177 g/mol. The van der Waals surface area contributed by atoms with Gasteiger partial charge in [-0.2, -0.15) is 0 Å². The van der Waals surface area contributed by atoms with Gasteiger partial charge in [-0.1, -0.05) is 0 Å². The van der Waals surface area contributed by atoms with Gasteiger partial charge >= 0.3 is 37.4 Å². The van der Waals surface area contributed by atoms with Gasteiger partial charge in [-0.3, -0.25) is 0 Å². The fraction of sp³-hybridized carbons (Fsp3) is 0. The minimum atomic E-state index is -4.64. The van der Waals surface area contributed by atoms with Gasteiger partial charge in [-0.25, -0.2) is 4.57 Å². The van der Waals surface area contributed by atoms with E-state index in [1.807, 2.05) is 0 Å². The molecule has 0 heterocycles. The van der Waals surface area contributed by atoms with Gasteiger partial charge in [0.1, 0.15) is 0 Å². The van der Waals surface area contributed by atoms with Gasteiger partial charge in [-0.15, -0.1) is 0 Å². The van der Waals surface area contributed by atoms with E-state index in [0.29, 0.717) is 0 Å². The molecule has 0 bridgehead atoms. The third-order valence-electron chi connectivity index (χ3n) is 0. The third-order valence-corrected chi connectivity index (χ3v) is 0. The summed E-state index contributed by atoms with van der Waals surface area (Å²) in [5, 5.41) is 0. The van der Waals surface area contributed by atoms with Crippen LogP contribution in [0, 0.1) is 0 Å². The van der Waals surface area contributed by atoms with E-state index in [0.717, 1.165) is 0 Å². The summed E-state index contributed by atoms with van der Waals surface area (Å²) in [4.78, 5) is 21.6. The number of hydrogen-bond acceptors (Lipinski definition) is 1. The molecule has 0 aliphatic carbocycles. The molecule has 3 N–H and O–H groups in total. The Labute approximate surface area is 74.8 Å². The van der Waals surface area contributed by atoms with Crippen molar-refractivity contribution in [3.05, 3.63) is 0 Å². The van der Waals surface area contributed by atoms with Gasteiger partial charge in [0.25, 0.3) is 0 Å². The van der Waals surface area contributed by atoms with Crippen LogP contribution in [0.15, 0.2) is 0 Å². The Balaban J connectivity index is -0.0000000267. The van der Waals surface area contributed by atoms with Crippen molar-refractivity contribution in [2.45, 2.75) is 0 Å². The van der Waals surface area contributed by atoms with Crippen molar-refractivity contribution < 1.29 is 67.3 Å². The Morgan fingerprint density at radius 2 is 1.29 bits per heavy atom. The third kappa shape index (κ3) is 91.1. The molecule has 0 aromatic carbocycles. The molecule has 0 aromatic heterocycles. The first-order chi connectivity index (χ1) is 2.00. The van der Waals surface area contributed by atoms with Crippen LogP contribution >= 0.6 is 7.82 Å². The number of phosphoric acid groups is 1. The van der Waals surface area contributed by atoms with Crippen LogP contribution in [0.2, 0.25) is 0 Å². The van der Waals surface area contributed by atoms with Crippen LogP contribution in [0.5, 0.6) is 0 Å². The van der Waals surface area contributed by atoms with E-state index in [2.05, 4.69) is 0 Å². The van der Waals surface area contributed by atoms with Crippen molar-refractivity contribution in [1.82, 2.24) is 0 Å². The molecule has 0 saturated carbocycles. The smallest absolute Gasteiger partial charge is 1.00 e. The van der Waals surface area contributed by atoms with E-state index in [4.69, 9.17) is 19.2 Å². The Morgan fingerprint density at radius 3 is 1.29 bits per heavy atom. The second-order valence-electron chi connectivity index (χ2n) is 0.513. The summed E-state index contributed by atoms with van der Waals surface area (Å²) < 4.78 is 8.88. The van der Waals surface area contributed by atoms with Crippen LogP contribution in [0.25, 0.3) is 0 Å². The second-order valence-corrected chi connectivity index (χ2v) is 1.54. The number of hydrogen-bond donors (Lipinski definition) is 3. The zero-order chi connectivity index (χ0) is 4.50.